The van der Waals surface area contributed by atoms with E-state index in [4.69, 9.17) is 0 Å². The monoisotopic (exact) mass is 435 g/mol. The molecule has 2 unspecified atom stereocenters. The third-order valence-corrected chi connectivity index (χ3v) is 5.80. The van der Waals surface area contributed by atoms with Crippen molar-refractivity contribution in [1.29, 1.82) is 0 Å². The maximum Gasteiger partial charge on any atom is 0.191 e. The average Bonchev–Trinajstić information content (AvgIpc) is 3.25. The molecule has 2 heterocycles. The smallest absolute Gasteiger partial charge is 0.191 e. The summed E-state index contributed by atoms with van der Waals surface area (Å²) in [5.41, 5.74) is 0. The van der Waals surface area contributed by atoms with Crippen LogP contribution in [-0.4, -0.2) is 74.2 Å². The molecule has 3 fully saturated rings. The summed E-state index contributed by atoms with van der Waals surface area (Å²) in [5, 5.41) is 7.17. The van der Waals surface area contributed by atoms with Crippen LogP contribution in [0.25, 0.3) is 0 Å². The quantitative estimate of drug-likeness (QED) is 0.402. The summed E-state index contributed by atoms with van der Waals surface area (Å²) in [6.07, 6.45) is 9.56. The van der Waals surface area contributed by atoms with Gasteiger partial charge in [-0.05, 0) is 45.7 Å². The van der Waals surface area contributed by atoms with Crippen molar-refractivity contribution in [1.82, 2.24) is 20.4 Å². The molecule has 0 bridgehead atoms. The SMILES string of the molecule is CN=C(NCC1CCCN1C)NC1CCN(C2CCCC2)C1.I. The van der Waals surface area contributed by atoms with E-state index in [1.807, 2.05) is 7.05 Å². The fourth-order valence-corrected chi connectivity index (χ4v) is 4.35. The molecule has 5 nitrogen and oxygen atoms in total. The van der Waals surface area contributed by atoms with Gasteiger partial charge in [-0.3, -0.25) is 9.89 Å². The molecule has 2 saturated heterocycles. The Labute approximate surface area is 158 Å². The highest BCUT2D eigenvalue weighted by atomic mass is 127. The Morgan fingerprint density at radius 2 is 1.87 bits per heavy atom. The molecule has 0 aromatic heterocycles. The Kier molecular flexibility index (Phi) is 7.88. The van der Waals surface area contributed by atoms with E-state index in [-0.39, 0.29) is 24.0 Å². The van der Waals surface area contributed by atoms with Crippen LogP contribution in [0.5, 0.6) is 0 Å². The normalized spacial score (nSPS) is 30.6. The molecular formula is C17H34IN5. The lowest BCUT2D eigenvalue weighted by molar-refractivity contribution is 0.242. The molecule has 0 aromatic rings. The fourth-order valence-electron chi connectivity index (χ4n) is 4.35. The maximum absolute atomic E-state index is 4.42. The number of aliphatic imine (C=N–C) groups is 1. The zero-order valence-corrected chi connectivity index (χ0v) is 17.1. The Morgan fingerprint density at radius 3 is 2.52 bits per heavy atom. The predicted molar refractivity (Wildman–Crippen MR) is 108 cm³/mol. The molecule has 3 rings (SSSR count). The number of nitrogens with one attached hydrogen (secondary N) is 2. The number of likely N-dealkylation sites (N-methyl/N-ethyl adjacent to an activating group) is 1. The minimum Gasteiger partial charge on any atom is -0.355 e. The molecule has 3 aliphatic rings. The van der Waals surface area contributed by atoms with E-state index >= 15 is 0 Å². The van der Waals surface area contributed by atoms with Gasteiger partial charge in [-0.1, -0.05) is 12.8 Å². The second kappa shape index (κ2) is 9.42. The molecule has 6 heteroatoms. The number of halogens is 1. The Hall–Kier alpha value is -0.0800. The van der Waals surface area contributed by atoms with Crippen LogP contribution in [0, 0.1) is 0 Å². The molecule has 2 aliphatic heterocycles. The first kappa shape index (κ1) is 19.2. The van der Waals surface area contributed by atoms with E-state index in [0.717, 1.165) is 18.5 Å². The molecule has 2 N–H and O–H groups in total. The third kappa shape index (κ3) is 5.19. The fraction of sp³-hybridized carbons (Fsp3) is 0.941. The van der Waals surface area contributed by atoms with Gasteiger partial charge in [0.25, 0.3) is 0 Å². The summed E-state index contributed by atoms with van der Waals surface area (Å²) in [4.78, 5) is 9.57. The molecule has 0 spiro atoms. The number of rotatable bonds is 4. The Bertz CT molecular complexity index is 383. The zero-order chi connectivity index (χ0) is 15.4. The molecule has 134 valence electrons. The van der Waals surface area contributed by atoms with Crippen molar-refractivity contribution in [3.63, 3.8) is 0 Å². The summed E-state index contributed by atoms with van der Waals surface area (Å²) < 4.78 is 0. The van der Waals surface area contributed by atoms with Crippen LogP contribution >= 0.6 is 24.0 Å². The van der Waals surface area contributed by atoms with Gasteiger partial charge in [0.1, 0.15) is 0 Å². The van der Waals surface area contributed by atoms with Crippen molar-refractivity contribution in [3.05, 3.63) is 0 Å². The van der Waals surface area contributed by atoms with E-state index in [1.165, 1.54) is 64.6 Å². The van der Waals surface area contributed by atoms with Crippen LogP contribution < -0.4 is 10.6 Å². The van der Waals surface area contributed by atoms with Crippen LogP contribution in [0.4, 0.5) is 0 Å². The maximum atomic E-state index is 4.42. The van der Waals surface area contributed by atoms with Crippen molar-refractivity contribution >= 4 is 29.9 Å². The first-order valence-corrected chi connectivity index (χ1v) is 9.17. The number of guanidine groups is 1. The standard InChI is InChI=1S/C17H33N5.HI/c1-18-17(19-12-16-8-5-10-21(16)2)20-14-9-11-22(13-14)15-6-3-4-7-15;/h14-16H,3-13H2,1-2H3,(H2,18,19,20);1H. The molecular weight excluding hydrogens is 401 g/mol. The van der Waals surface area contributed by atoms with E-state index < -0.39 is 0 Å². The van der Waals surface area contributed by atoms with Gasteiger partial charge >= 0.3 is 0 Å². The lowest BCUT2D eigenvalue weighted by Crippen LogP contribution is -2.48. The van der Waals surface area contributed by atoms with Crippen molar-refractivity contribution in [2.24, 2.45) is 4.99 Å². The minimum atomic E-state index is 0. The highest BCUT2D eigenvalue weighted by molar-refractivity contribution is 14.0. The Balaban J connectivity index is 0.00000192. The lowest BCUT2D eigenvalue weighted by atomic mass is 10.2. The van der Waals surface area contributed by atoms with Gasteiger partial charge in [0.15, 0.2) is 5.96 Å². The molecule has 1 saturated carbocycles. The lowest BCUT2D eigenvalue weighted by Gasteiger charge is -2.25. The average molecular weight is 435 g/mol. The Morgan fingerprint density at radius 1 is 1.09 bits per heavy atom. The third-order valence-electron chi connectivity index (χ3n) is 5.80. The molecule has 2 atom stereocenters. The van der Waals surface area contributed by atoms with E-state index in [2.05, 4.69) is 32.5 Å². The number of nitrogens with zero attached hydrogens (tertiary/aromatic N) is 3. The van der Waals surface area contributed by atoms with Gasteiger partial charge in [0.05, 0.1) is 0 Å². The van der Waals surface area contributed by atoms with E-state index in [0.29, 0.717) is 12.1 Å². The highest BCUT2D eigenvalue weighted by Crippen LogP contribution is 2.26. The topological polar surface area (TPSA) is 42.9 Å². The summed E-state index contributed by atoms with van der Waals surface area (Å²) in [5.74, 6) is 0.985. The van der Waals surface area contributed by atoms with Gasteiger partial charge in [0.2, 0.25) is 0 Å². The first-order chi connectivity index (χ1) is 10.8. The van der Waals surface area contributed by atoms with Gasteiger partial charge in [-0.15, -0.1) is 24.0 Å². The van der Waals surface area contributed by atoms with Crippen molar-refractivity contribution < 1.29 is 0 Å². The number of hydrogen-bond donors (Lipinski definition) is 2. The zero-order valence-electron chi connectivity index (χ0n) is 14.8. The van der Waals surface area contributed by atoms with Gasteiger partial charge in [-0.25, -0.2) is 0 Å². The second-order valence-electron chi connectivity index (χ2n) is 7.29. The minimum absolute atomic E-state index is 0. The summed E-state index contributed by atoms with van der Waals surface area (Å²) in [6.45, 7) is 4.69. The van der Waals surface area contributed by atoms with Crippen LogP contribution in [0.1, 0.15) is 44.9 Å². The van der Waals surface area contributed by atoms with E-state index in [1.54, 1.807) is 0 Å². The van der Waals surface area contributed by atoms with Crippen molar-refractivity contribution in [2.75, 3.05) is 40.3 Å². The summed E-state index contributed by atoms with van der Waals surface area (Å²) in [6, 6.07) is 2.08. The van der Waals surface area contributed by atoms with Crippen LogP contribution in [0.15, 0.2) is 4.99 Å². The first-order valence-electron chi connectivity index (χ1n) is 9.17. The largest absolute Gasteiger partial charge is 0.355 e. The molecule has 0 radical (unpaired) electrons. The van der Waals surface area contributed by atoms with E-state index in [9.17, 15) is 0 Å². The van der Waals surface area contributed by atoms with Crippen molar-refractivity contribution in [2.45, 2.75) is 63.1 Å². The second-order valence-corrected chi connectivity index (χ2v) is 7.29. The molecule has 23 heavy (non-hydrogen) atoms. The molecule has 0 amide bonds. The number of hydrogen-bond acceptors (Lipinski definition) is 3. The molecule has 1 aliphatic carbocycles. The summed E-state index contributed by atoms with van der Waals surface area (Å²) >= 11 is 0. The van der Waals surface area contributed by atoms with Gasteiger partial charge in [-0.2, -0.15) is 0 Å². The number of likely N-dealkylation sites (tertiary alicyclic amines) is 2. The van der Waals surface area contributed by atoms with Crippen LogP contribution in [0.2, 0.25) is 0 Å². The van der Waals surface area contributed by atoms with Gasteiger partial charge in [0, 0.05) is 44.8 Å². The van der Waals surface area contributed by atoms with Gasteiger partial charge < -0.3 is 15.5 Å². The van der Waals surface area contributed by atoms with Crippen molar-refractivity contribution in [3.8, 4) is 0 Å². The van der Waals surface area contributed by atoms with Crippen LogP contribution in [0.3, 0.4) is 0 Å². The van der Waals surface area contributed by atoms with Crippen LogP contribution in [-0.2, 0) is 0 Å². The highest BCUT2D eigenvalue weighted by Gasteiger charge is 2.30. The molecule has 0 aromatic carbocycles. The summed E-state index contributed by atoms with van der Waals surface area (Å²) in [7, 11) is 4.11. The predicted octanol–water partition coefficient (Wildman–Crippen LogP) is 1.88.